The van der Waals surface area contributed by atoms with Crippen LogP contribution in [0.2, 0.25) is 19.6 Å². The van der Waals surface area contributed by atoms with Crippen LogP contribution in [0.15, 0.2) is 152 Å². The van der Waals surface area contributed by atoms with Crippen LogP contribution < -0.4 is 5.19 Å². The summed E-state index contributed by atoms with van der Waals surface area (Å²) in [6.45, 7) is 7.33. The average Bonchev–Trinajstić information content (AvgIpc) is 3.06. The Balaban J connectivity index is 1.38. The van der Waals surface area contributed by atoms with Crippen molar-refractivity contribution in [3.8, 4) is 33.4 Å². The lowest BCUT2D eigenvalue weighted by Gasteiger charge is -2.23. The highest BCUT2D eigenvalue weighted by Gasteiger charge is 2.22. The van der Waals surface area contributed by atoms with Crippen LogP contribution in [0.4, 0.5) is 0 Å². The quantitative estimate of drug-likeness (QED) is 0.144. The summed E-state index contributed by atoms with van der Waals surface area (Å²) >= 11 is 0. The number of benzene rings is 8. The van der Waals surface area contributed by atoms with Crippen LogP contribution in [-0.4, -0.2) is 8.07 Å². The third kappa shape index (κ3) is 4.27. The molecule has 0 nitrogen and oxygen atoms in total. The Morgan fingerprint density at radius 2 is 0.795 bits per heavy atom. The van der Waals surface area contributed by atoms with Gasteiger partial charge in [0.1, 0.15) is 0 Å². The normalized spacial score (nSPS) is 12.0. The standard InChI is InChI=1S/C43H34Si/c1-44(2,3)41-28-27-40(34-16-6-7-17-35(34)41)43-38-20-10-8-18-36(38)42(37-19-9-11-21-39(37)43)31-25-23-30(24-26-31)33-22-12-14-29-13-4-5-15-32(29)33/h4-28H,1-3H3. The van der Waals surface area contributed by atoms with E-state index < -0.39 is 8.07 Å². The first-order valence-corrected chi connectivity index (χ1v) is 19.0. The Bertz CT molecular complexity index is 2290. The lowest BCUT2D eigenvalue weighted by atomic mass is 9.84. The molecule has 0 spiro atoms. The molecule has 0 amide bonds. The first kappa shape index (κ1) is 26.6. The summed E-state index contributed by atoms with van der Waals surface area (Å²) in [5.41, 5.74) is 7.69. The molecule has 44 heavy (non-hydrogen) atoms. The number of hydrogen-bond acceptors (Lipinski definition) is 0. The summed E-state index contributed by atoms with van der Waals surface area (Å²) < 4.78 is 0. The van der Waals surface area contributed by atoms with E-state index in [1.54, 1.807) is 0 Å². The fraction of sp³-hybridized carbons (Fsp3) is 0.0698. The van der Waals surface area contributed by atoms with Crippen LogP contribution in [0.25, 0.3) is 76.5 Å². The van der Waals surface area contributed by atoms with Gasteiger partial charge in [-0.25, -0.2) is 0 Å². The predicted octanol–water partition coefficient (Wildman–Crippen LogP) is 11.8. The van der Waals surface area contributed by atoms with Crippen LogP contribution in [0.5, 0.6) is 0 Å². The Kier molecular flexibility index (Phi) is 6.25. The largest absolute Gasteiger partial charge is 0.0784 e. The molecular formula is C43H34Si. The molecule has 0 fully saturated rings. The van der Waals surface area contributed by atoms with E-state index in [1.807, 2.05) is 0 Å². The molecule has 210 valence electrons. The van der Waals surface area contributed by atoms with E-state index >= 15 is 0 Å². The van der Waals surface area contributed by atoms with Gasteiger partial charge in [0.2, 0.25) is 0 Å². The summed E-state index contributed by atoms with van der Waals surface area (Å²) in [4.78, 5) is 0. The number of hydrogen-bond donors (Lipinski definition) is 0. The van der Waals surface area contributed by atoms with Crippen molar-refractivity contribution < 1.29 is 0 Å². The van der Waals surface area contributed by atoms with Gasteiger partial charge < -0.3 is 0 Å². The molecule has 0 N–H and O–H groups in total. The van der Waals surface area contributed by atoms with E-state index in [4.69, 9.17) is 0 Å². The van der Waals surface area contributed by atoms with Crippen molar-refractivity contribution in [2.75, 3.05) is 0 Å². The van der Waals surface area contributed by atoms with Crippen LogP contribution >= 0.6 is 0 Å². The van der Waals surface area contributed by atoms with Gasteiger partial charge in [-0.2, -0.15) is 0 Å². The van der Waals surface area contributed by atoms with Crippen molar-refractivity contribution in [2.45, 2.75) is 19.6 Å². The summed E-state index contributed by atoms with van der Waals surface area (Å²) in [6.07, 6.45) is 0. The molecule has 8 aromatic carbocycles. The first-order valence-electron chi connectivity index (χ1n) is 15.5. The fourth-order valence-electron chi connectivity index (χ4n) is 7.19. The summed E-state index contributed by atoms with van der Waals surface area (Å²) in [5.74, 6) is 0. The van der Waals surface area contributed by atoms with Gasteiger partial charge in [-0.15, -0.1) is 0 Å². The van der Waals surface area contributed by atoms with Gasteiger partial charge in [0.05, 0.1) is 8.07 Å². The van der Waals surface area contributed by atoms with Gasteiger partial charge in [-0.05, 0) is 76.5 Å². The van der Waals surface area contributed by atoms with Crippen molar-refractivity contribution in [1.29, 1.82) is 0 Å². The van der Waals surface area contributed by atoms with Crippen molar-refractivity contribution in [2.24, 2.45) is 0 Å². The third-order valence-electron chi connectivity index (χ3n) is 9.21. The average molecular weight is 579 g/mol. The molecule has 1 heteroatoms. The number of fused-ring (bicyclic) bond motifs is 4. The summed E-state index contributed by atoms with van der Waals surface area (Å²) in [6, 6.07) is 56.2. The maximum absolute atomic E-state index is 2.44. The minimum absolute atomic E-state index is 1.24. The highest BCUT2D eigenvalue weighted by molar-refractivity contribution is 6.90. The first-order chi connectivity index (χ1) is 21.5. The lowest BCUT2D eigenvalue weighted by molar-refractivity contribution is 1.63. The molecule has 8 rings (SSSR count). The van der Waals surface area contributed by atoms with Crippen molar-refractivity contribution in [3.63, 3.8) is 0 Å². The second kappa shape index (κ2) is 10.3. The third-order valence-corrected chi connectivity index (χ3v) is 11.3. The van der Waals surface area contributed by atoms with E-state index in [9.17, 15) is 0 Å². The molecular weight excluding hydrogens is 545 g/mol. The molecule has 0 unspecified atom stereocenters. The molecule has 0 saturated carbocycles. The van der Waals surface area contributed by atoms with E-state index in [0.29, 0.717) is 0 Å². The minimum atomic E-state index is -1.53. The topological polar surface area (TPSA) is 0 Å². The summed E-state index contributed by atoms with van der Waals surface area (Å²) in [5, 5.41) is 12.0. The minimum Gasteiger partial charge on any atom is -0.0656 e. The molecule has 0 radical (unpaired) electrons. The Hall–Kier alpha value is -4.98. The van der Waals surface area contributed by atoms with Gasteiger partial charge in [0, 0.05) is 0 Å². The van der Waals surface area contributed by atoms with E-state index in [1.165, 1.54) is 81.7 Å². The van der Waals surface area contributed by atoms with Crippen LogP contribution in [0.1, 0.15) is 0 Å². The van der Waals surface area contributed by atoms with Crippen molar-refractivity contribution in [1.82, 2.24) is 0 Å². The Morgan fingerprint density at radius 3 is 1.41 bits per heavy atom. The van der Waals surface area contributed by atoms with Gasteiger partial charge >= 0.3 is 0 Å². The molecule has 0 aliphatic heterocycles. The maximum atomic E-state index is 2.44. The zero-order chi connectivity index (χ0) is 29.8. The van der Waals surface area contributed by atoms with E-state index in [2.05, 4.69) is 171 Å². The van der Waals surface area contributed by atoms with Crippen molar-refractivity contribution in [3.05, 3.63) is 152 Å². The molecule has 0 saturated heterocycles. The zero-order valence-electron chi connectivity index (χ0n) is 25.4. The van der Waals surface area contributed by atoms with E-state index in [0.717, 1.165) is 0 Å². The zero-order valence-corrected chi connectivity index (χ0v) is 26.4. The number of rotatable bonds is 4. The molecule has 8 aromatic rings. The lowest BCUT2D eigenvalue weighted by Crippen LogP contribution is -2.38. The summed E-state index contributed by atoms with van der Waals surface area (Å²) in [7, 11) is -1.53. The molecule has 0 atom stereocenters. The van der Waals surface area contributed by atoms with Gasteiger partial charge in [-0.3, -0.25) is 0 Å². The predicted molar refractivity (Wildman–Crippen MR) is 196 cm³/mol. The monoisotopic (exact) mass is 578 g/mol. The van der Waals surface area contributed by atoms with Crippen LogP contribution in [-0.2, 0) is 0 Å². The Labute approximate surface area is 260 Å². The fourth-order valence-corrected chi connectivity index (χ4v) is 8.80. The van der Waals surface area contributed by atoms with Gasteiger partial charge in [0.15, 0.2) is 0 Å². The van der Waals surface area contributed by atoms with Crippen LogP contribution in [0.3, 0.4) is 0 Å². The van der Waals surface area contributed by atoms with Gasteiger partial charge in [0.25, 0.3) is 0 Å². The Morgan fingerprint density at radius 1 is 0.318 bits per heavy atom. The second-order valence-electron chi connectivity index (χ2n) is 12.9. The highest BCUT2D eigenvalue weighted by Crippen LogP contribution is 2.45. The smallest absolute Gasteiger partial charge is 0.0656 e. The SMILES string of the molecule is C[Si](C)(C)c1ccc(-c2c3ccccc3c(-c3ccc(-c4cccc5ccccc45)cc3)c3ccccc23)c2ccccc12. The molecule has 0 bridgehead atoms. The highest BCUT2D eigenvalue weighted by atomic mass is 28.3. The van der Waals surface area contributed by atoms with Crippen LogP contribution in [0, 0.1) is 0 Å². The second-order valence-corrected chi connectivity index (χ2v) is 17.9. The molecule has 0 aliphatic carbocycles. The molecule has 0 heterocycles. The molecule has 0 aromatic heterocycles. The maximum Gasteiger partial charge on any atom is 0.0784 e. The van der Waals surface area contributed by atoms with Gasteiger partial charge in [-0.1, -0.05) is 176 Å². The molecule has 0 aliphatic rings. The van der Waals surface area contributed by atoms with Crippen molar-refractivity contribution >= 4 is 56.4 Å². The van der Waals surface area contributed by atoms with E-state index in [-0.39, 0.29) is 0 Å².